The van der Waals surface area contributed by atoms with Gasteiger partial charge in [0.25, 0.3) is 0 Å². The minimum atomic E-state index is -0.286. The average molecular weight is 347 g/mol. The van der Waals surface area contributed by atoms with Crippen molar-refractivity contribution in [2.75, 3.05) is 7.05 Å². The van der Waals surface area contributed by atoms with Gasteiger partial charge in [0.15, 0.2) is 0 Å². The molecule has 0 saturated heterocycles. The Balaban J connectivity index is 2.35. The molecule has 1 heterocycles. The second-order valence-electron chi connectivity index (χ2n) is 4.25. The van der Waals surface area contributed by atoms with E-state index in [-0.39, 0.29) is 11.9 Å². The highest BCUT2D eigenvalue weighted by Gasteiger charge is 2.20. The van der Waals surface area contributed by atoms with Gasteiger partial charge in [-0.15, -0.1) is 0 Å². The van der Waals surface area contributed by atoms with E-state index in [4.69, 9.17) is 11.6 Å². The van der Waals surface area contributed by atoms with Crippen LogP contribution >= 0.6 is 27.5 Å². The zero-order valence-electron chi connectivity index (χ0n) is 10.6. The van der Waals surface area contributed by atoms with Crippen LogP contribution in [0.2, 0.25) is 5.02 Å². The summed E-state index contributed by atoms with van der Waals surface area (Å²) in [4.78, 5) is 0. The Morgan fingerprint density at radius 2 is 2.26 bits per heavy atom. The summed E-state index contributed by atoms with van der Waals surface area (Å²) in [5.41, 5.74) is 1.47. The normalized spacial score (nSPS) is 12.7. The summed E-state index contributed by atoms with van der Waals surface area (Å²) in [5, 5.41) is 7.79. The maximum atomic E-state index is 13.8. The van der Waals surface area contributed by atoms with Gasteiger partial charge in [0.2, 0.25) is 0 Å². The first-order chi connectivity index (χ1) is 9.04. The minimum Gasteiger partial charge on any atom is -0.311 e. The van der Waals surface area contributed by atoms with Gasteiger partial charge in [-0.1, -0.05) is 17.7 Å². The van der Waals surface area contributed by atoms with E-state index in [0.29, 0.717) is 17.0 Å². The molecule has 19 heavy (non-hydrogen) atoms. The summed E-state index contributed by atoms with van der Waals surface area (Å²) in [6, 6.07) is 4.66. The van der Waals surface area contributed by atoms with Gasteiger partial charge in [0.1, 0.15) is 5.82 Å². The van der Waals surface area contributed by atoms with E-state index in [1.54, 1.807) is 23.0 Å². The first-order valence-electron chi connectivity index (χ1n) is 5.82. The van der Waals surface area contributed by atoms with Crippen LogP contribution < -0.4 is 5.32 Å². The zero-order chi connectivity index (χ0) is 14.0. The fourth-order valence-corrected chi connectivity index (χ4v) is 2.94. The SMILES string of the molecule is CNC(Cc1c(F)cccc1Cl)c1c(Br)cnn1C. The zero-order valence-corrected chi connectivity index (χ0v) is 13.0. The quantitative estimate of drug-likeness (QED) is 0.918. The molecule has 1 atom stereocenters. The number of nitrogens with one attached hydrogen (secondary N) is 1. The Labute approximate surface area is 124 Å². The summed E-state index contributed by atoms with van der Waals surface area (Å²) in [5.74, 6) is -0.286. The van der Waals surface area contributed by atoms with E-state index >= 15 is 0 Å². The summed E-state index contributed by atoms with van der Waals surface area (Å²) in [6.45, 7) is 0. The van der Waals surface area contributed by atoms with Crippen LogP contribution in [0.5, 0.6) is 0 Å². The molecule has 102 valence electrons. The van der Waals surface area contributed by atoms with E-state index in [1.165, 1.54) is 6.07 Å². The highest BCUT2D eigenvalue weighted by atomic mass is 79.9. The number of aryl methyl sites for hydroxylation is 1. The molecule has 2 rings (SSSR count). The fraction of sp³-hybridized carbons (Fsp3) is 0.308. The van der Waals surface area contributed by atoms with Crippen molar-refractivity contribution in [3.63, 3.8) is 0 Å². The van der Waals surface area contributed by atoms with Gasteiger partial charge in [0, 0.05) is 17.6 Å². The molecular weight excluding hydrogens is 333 g/mol. The fourth-order valence-electron chi connectivity index (χ4n) is 2.08. The molecule has 0 bridgehead atoms. The Kier molecular flexibility index (Phi) is 4.60. The van der Waals surface area contributed by atoms with Crippen molar-refractivity contribution < 1.29 is 4.39 Å². The predicted molar refractivity (Wildman–Crippen MR) is 77.8 cm³/mol. The third kappa shape index (κ3) is 2.99. The van der Waals surface area contributed by atoms with Crippen molar-refractivity contribution >= 4 is 27.5 Å². The van der Waals surface area contributed by atoms with E-state index in [2.05, 4.69) is 26.3 Å². The van der Waals surface area contributed by atoms with Crippen molar-refractivity contribution in [2.45, 2.75) is 12.5 Å². The van der Waals surface area contributed by atoms with Crippen molar-refractivity contribution in [3.05, 3.63) is 51.0 Å². The predicted octanol–water partition coefficient (Wildman–Crippen LogP) is 3.48. The number of halogens is 3. The monoisotopic (exact) mass is 345 g/mol. The summed E-state index contributed by atoms with van der Waals surface area (Å²) in [6.07, 6.45) is 2.18. The van der Waals surface area contributed by atoms with Gasteiger partial charge in [-0.05, 0) is 41.5 Å². The number of nitrogens with zero attached hydrogens (tertiary/aromatic N) is 2. The number of benzene rings is 1. The van der Waals surface area contributed by atoms with E-state index in [9.17, 15) is 4.39 Å². The molecule has 0 fully saturated rings. The molecule has 1 unspecified atom stereocenters. The number of aromatic nitrogens is 2. The van der Waals surface area contributed by atoms with Crippen molar-refractivity contribution in [1.82, 2.24) is 15.1 Å². The minimum absolute atomic E-state index is 0.0729. The lowest BCUT2D eigenvalue weighted by atomic mass is 10.0. The van der Waals surface area contributed by atoms with Crippen LogP contribution in [0.3, 0.4) is 0 Å². The number of hydrogen-bond acceptors (Lipinski definition) is 2. The Morgan fingerprint density at radius 1 is 1.53 bits per heavy atom. The second-order valence-corrected chi connectivity index (χ2v) is 5.51. The number of rotatable bonds is 4. The van der Waals surface area contributed by atoms with Gasteiger partial charge in [0.05, 0.1) is 22.4 Å². The van der Waals surface area contributed by atoms with Gasteiger partial charge >= 0.3 is 0 Å². The van der Waals surface area contributed by atoms with E-state index in [1.807, 2.05) is 14.1 Å². The molecule has 0 saturated carbocycles. The average Bonchev–Trinajstić information content (AvgIpc) is 2.70. The lowest BCUT2D eigenvalue weighted by Crippen LogP contribution is -2.22. The van der Waals surface area contributed by atoms with Crippen LogP contribution in [-0.4, -0.2) is 16.8 Å². The van der Waals surface area contributed by atoms with Gasteiger partial charge in [-0.2, -0.15) is 5.10 Å². The Morgan fingerprint density at radius 3 is 2.79 bits per heavy atom. The van der Waals surface area contributed by atoms with Crippen LogP contribution in [0.15, 0.2) is 28.9 Å². The second kappa shape index (κ2) is 6.03. The van der Waals surface area contributed by atoms with Crippen LogP contribution in [0.4, 0.5) is 4.39 Å². The summed E-state index contributed by atoms with van der Waals surface area (Å²) in [7, 11) is 3.69. The standard InChI is InChI=1S/C13H14BrClFN3/c1-17-12(13-9(14)7-18-19(13)2)6-8-10(15)4-3-5-11(8)16/h3-5,7,12,17H,6H2,1-2H3. The van der Waals surface area contributed by atoms with E-state index < -0.39 is 0 Å². The molecule has 0 aliphatic heterocycles. The molecule has 0 radical (unpaired) electrons. The first-order valence-corrected chi connectivity index (χ1v) is 6.99. The molecule has 0 aliphatic rings. The molecule has 1 aromatic carbocycles. The highest BCUT2D eigenvalue weighted by molar-refractivity contribution is 9.10. The topological polar surface area (TPSA) is 29.9 Å². The number of likely N-dealkylation sites (N-methyl/N-ethyl adjacent to an activating group) is 1. The van der Waals surface area contributed by atoms with Crippen molar-refractivity contribution in [3.8, 4) is 0 Å². The summed E-state index contributed by atoms with van der Waals surface area (Å²) >= 11 is 9.53. The lowest BCUT2D eigenvalue weighted by molar-refractivity contribution is 0.518. The van der Waals surface area contributed by atoms with Crippen LogP contribution in [0.25, 0.3) is 0 Å². The van der Waals surface area contributed by atoms with E-state index in [0.717, 1.165) is 10.2 Å². The molecule has 1 aromatic heterocycles. The van der Waals surface area contributed by atoms with Gasteiger partial charge in [-0.25, -0.2) is 4.39 Å². The number of hydrogen-bond donors (Lipinski definition) is 1. The molecule has 0 aliphatic carbocycles. The molecular formula is C13H14BrClFN3. The Bertz CT molecular complexity index is 546. The lowest BCUT2D eigenvalue weighted by Gasteiger charge is -2.18. The first kappa shape index (κ1) is 14.5. The molecule has 3 nitrogen and oxygen atoms in total. The smallest absolute Gasteiger partial charge is 0.127 e. The van der Waals surface area contributed by atoms with Gasteiger partial charge < -0.3 is 5.32 Å². The maximum absolute atomic E-state index is 13.8. The van der Waals surface area contributed by atoms with Crippen LogP contribution in [-0.2, 0) is 13.5 Å². The molecule has 2 aromatic rings. The molecule has 0 spiro atoms. The van der Waals surface area contributed by atoms with Crippen LogP contribution in [0, 0.1) is 5.82 Å². The Hall–Kier alpha value is -0.910. The third-order valence-electron chi connectivity index (χ3n) is 3.09. The largest absolute Gasteiger partial charge is 0.311 e. The van der Waals surface area contributed by atoms with Crippen molar-refractivity contribution in [2.24, 2.45) is 7.05 Å². The van der Waals surface area contributed by atoms with Crippen LogP contribution in [0.1, 0.15) is 17.3 Å². The van der Waals surface area contributed by atoms with Gasteiger partial charge in [-0.3, -0.25) is 4.68 Å². The molecule has 6 heteroatoms. The maximum Gasteiger partial charge on any atom is 0.127 e. The summed E-state index contributed by atoms with van der Waals surface area (Å²) < 4.78 is 16.5. The third-order valence-corrected chi connectivity index (χ3v) is 4.05. The molecule has 1 N–H and O–H groups in total. The highest BCUT2D eigenvalue weighted by Crippen LogP contribution is 2.29. The molecule has 0 amide bonds. The van der Waals surface area contributed by atoms with Crippen molar-refractivity contribution in [1.29, 1.82) is 0 Å².